The number of carbonyl (C=O) groups excluding carboxylic acids is 1. The number of Topliss-reactive ketones (excluding diaryl/α,β-unsaturated/α-hetero) is 1. The largest absolute Gasteiger partial charge is 0.321 e. The molecule has 0 amide bonds. The summed E-state index contributed by atoms with van der Waals surface area (Å²) >= 11 is 1.50. The predicted molar refractivity (Wildman–Crippen MR) is 137 cm³/mol. The number of benzene rings is 1. The molecule has 8 heteroatoms. The molecule has 1 N–H and O–H groups in total. The molecule has 0 atom stereocenters. The van der Waals surface area contributed by atoms with Crippen LogP contribution < -0.4 is 5.32 Å². The van der Waals surface area contributed by atoms with Crippen molar-refractivity contribution in [2.24, 2.45) is 7.05 Å². The minimum atomic E-state index is -0.0389. The number of hydrogen-bond acceptors (Lipinski definition) is 7. The van der Waals surface area contributed by atoms with Gasteiger partial charge in [0.2, 0.25) is 5.95 Å². The quantitative estimate of drug-likeness (QED) is 0.340. The van der Waals surface area contributed by atoms with E-state index in [9.17, 15) is 4.79 Å². The molecule has 4 rings (SSSR count). The van der Waals surface area contributed by atoms with Gasteiger partial charge in [-0.25, -0.2) is 15.0 Å². The fourth-order valence-corrected chi connectivity index (χ4v) is 4.52. The molecule has 34 heavy (non-hydrogen) atoms. The van der Waals surface area contributed by atoms with Crippen molar-refractivity contribution in [3.63, 3.8) is 0 Å². The van der Waals surface area contributed by atoms with E-state index < -0.39 is 0 Å². The molecule has 0 saturated heterocycles. The van der Waals surface area contributed by atoms with Crippen LogP contribution in [0.3, 0.4) is 0 Å². The molecule has 0 aliphatic carbocycles. The zero-order valence-electron chi connectivity index (χ0n) is 20.5. The number of aromatic nitrogens is 5. The van der Waals surface area contributed by atoms with E-state index >= 15 is 0 Å². The summed E-state index contributed by atoms with van der Waals surface area (Å²) in [6.07, 6.45) is 6.40. The molecule has 1 aromatic carbocycles. The first kappa shape index (κ1) is 23.8. The fourth-order valence-electron chi connectivity index (χ4n) is 3.58. The van der Waals surface area contributed by atoms with Gasteiger partial charge in [-0.1, -0.05) is 32.9 Å². The van der Waals surface area contributed by atoms with Gasteiger partial charge in [0, 0.05) is 36.8 Å². The second kappa shape index (κ2) is 9.46. The highest BCUT2D eigenvalue weighted by Crippen LogP contribution is 2.28. The van der Waals surface area contributed by atoms with E-state index in [0.717, 1.165) is 43.7 Å². The van der Waals surface area contributed by atoms with Crippen LogP contribution in [-0.2, 0) is 18.9 Å². The fraction of sp³-hybridized carbons (Fsp3) is 0.346. The van der Waals surface area contributed by atoms with E-state index in [1.54, 1.807) is 23.3 Å². The summed E-state index contributed by atoms with van der Waals surface area (Å²) < 4.78 is 1.80. The Morgan fingerprint density at radius 2 is 1.91 bits per heavy atom. The van der Waals surface area contributed by atoms with Gasteiger partial charge in [0.1, 0.15) is 0 Å². The summed E-state index contributed by atoms with van der Waals surface area (Å²) in [7, 11) is 1.90. The van der Waals surface area contributed by atoms with Crippen LogP contribution in [-0.4, -0.2) is 30.5 Å². The molecule has 3 heterocycles. The van der Waals surface area contributed by atoms with Crippen LogP contribution >= 0.6 is 11.3 Å². The Balaban J connectivity index is 1.44. The predicted octanol–water partition coefficient (Wildman–Crippen LogP) is 5.81. The maximum atomic E-state index is 12.7. The van der Waals surface area contributed by atoms with Crippen molar-refractivity contribution in [2.45, 2.75) is 52.9 Å². The Bertz CT molecular complexity index is 1330. The van der Waals surface area contributed by atoms with Crippen LogP contribution in [0.5, 0.6) is 0 Å². The van der Waals surface area contributed by atoms with E-state index in [4.69, 9.17) is 0 Å². The molecule has 0 saturated carbocycles. The average Bonchev–Trinajstić information content (AvgIpc) is 3.42. The van der Waals surface area contributed by atoms with E-state index in [1.165, 1.54) is 11.3 Å². The van der Waals surface area contributed by atoms with Crippen molar-refractivity contribution in [2.75, 3.05) is 5.32 Å². The zero-order valence-corrected chi connectivity index (χ0v) is 21.3. The van der Waals surface area contributed by atoms with Crippen LogP contribution in [0.2, 0.25) is 0 Å². The number of ketones is 1. The highest BCUT2D eigenvalue weighted by Gasteiger charge is 2.20. The van der Waals surface area contributed by atoms with Crippen LogP contribution in [0.1, 0.15) is 58.7 Å². The molecule has 0 bridgehead atoms. The van der Waals surface area contributed by atoms with Crippen molar-refractivity contribution < 1.29 is 4.79 Å². The SMILES string of the molecule is Cc1cc(-c2ccnc(Nc3cnn(C)c3C)n2)ccc1CCC(=O)c1cnc(C(C)(C)C)s1. The molecule has 3 aromatic heterocycles. The number of rotatable bonds is 7. The first-order valence-electron chi connectivity index (χ1n) is 11.3. The van der Waals surface area contributed by atoms with Crippen molar-refractivity contribution in [3.8, 4) is 11.3 Å². The molecule has 0 aliphatic heterocycles. The summed E-state index contributed by atoms with van der Waals surface area (Å²) in [5, 5.41) is 8.48. The van der Waals surface area contributed by atoms with Gasteiger partial charge in [0.05, 0.1) is 33.2 Å². The standard InChI is InChI=1S/C26H30N6OS/c1-16-13-19(20-11-12-27-25(30-20)31-21-14-29-32(6)17(21)2)8-7-18(16)9-10-22(33)23-15-28-24(34-23)26(3,4)5/h7-8,11-15H,9-10H2,1-6H3,(H,27,30,31). The molecular formula is C26H30N6OS. The molecule has 0 radical (unpaired) electrons. The van der Waals surface area contributed by atoms with Crippen molar-refractivity contribution in [1.29, 1.82) is 0 Å². The minimum absolute atomic E-state index is 0.0389. The topological polar surface area (TPSA) is 85.6 Å². The zero-order chi connectivity index (χ0) is 24.5. The summed E-state index contributed by atoms with van der Waals surface area (Å²) in [6, 6.07) is 8.16. The lowest BCUT2D eigenvalue weighted by atomic mass is 9.98. The van der Waals surface area contributed by atoms with Gasteiger partial charge in [-0.05, 0) is 43.5 Å². The number of nitrogens with one attached hydrogen (secondary N) is 1. The highest BCUT2D eigenvalue weighted by atomic mass is 32.1. The lowest BCUT2D eigenvalue weighted by Gasteiger charge is -2.13. The first-order chi connectivity index (χ1) is 16.1. The Morgan fingerprint density at radius 3 is 2.56 bits per heavy atom. The minimum Gasteiger partial charge on any atom is -0.321 e. The molecule has 0 unspecified atom stereocenters. The van der Waals surface area contributed by atoms with Gasteiger partial charge >= 0.3 is 0 Å². The second-order valence-electron chi connectivity index (χ2n) is 9.50. The van der Waals surface area contributed by atoms with Crippen LogP contribution in [0.4, 0.5) is 11.6 Å². The molecule has 0 spiro atoms. The van der Waals surface area contributed by atoms with E-state index in [1.807, 2.05) is 20.0 Å². The third kappa shape index (κ3) is 5.22. The third-order valence-corrected chi connectivity index (χ3v) is 7.28. The van der Waals surface area contributed by atoms with Gasteiger partial charge in [-0.2, -0.15) is 5.10 Å². The highest BCUT2D eigenvalue weighted by molar-refractivity contribution is 7.13. The normalized spacial score (nSPS) is 11.6. The Labute approximate surface area is 204 Å². The van der Waals surface area contributed by atoms with Crippen molar-refractivity contribution in [3.05, 3.63) is 69.6 Å². The van der Waals surface area contributed by atoms with Gasteiger partial charge < -0.3 is 5.32 Å². The Hall–Kier alpha value is -3.39. The summed E-state index contributed by atoms with van der Waals surface area (Å²) in [5.74, 6) is 0.675. The lowest BCUT2D eigenvalue weighted by Crippen LogP contribution is -2.09. The lowest BCUT2D eigenvalue weighted by molar-refractivity contribution is 0.0986. The summed E-state index contributed by atoms with van der Waals surface area (Å²) in [6.45, 7) is 10.4. The Morgan fingerprint density at radius 1 is 1.12 bits per heavy atom. The number of thiazole rings is 1. The molecule has 176 valence electrons. The number of carbonyl (C=O) groups is 1. The van der Waals surface area contributed by atoms with Gasteiger partial charge in [0.25, 0.3) is 0 Å². The number of aryl methyl sites for hydroxylation is 3. The maximum absolute atomic E-state index is 12.7. The molecular weight excluding hydrogens is 444 g/mol. The number of anilines is 2. The van der Waals surface area contributed by atoms with Crippen LogP contribution in [0.25, 0.3) is 11.3 Å². The smallest absolute Gasteiger partial charge is 0.227 e. The molecule has 0 aliphatic rings. The summed E-state index contributed by atoms with van der Waals surface area (Å²) in [5.41, 5.74) is 6.01. The Kier molecular flexibility index (Phi) is 6.61. The number of hydrogen-bond donors (Lipinski definition) is 1. The third-order valence-electron chi connectivity index (χ3n) is 5.82. The second-order valence-corrected chi connectivity index (χ2v) is 10.5. The van der Waals surface area contributed by atoms with E-state index in [2.05, 4.69) is 71.3 Å². The van der Waals surface area contributed by atoms with E-state index in [-0.39, 0.29) is 11.2 Å². The first-order valence-corrected chi connectivity index (χ1v) is 12.1. The number of nitrogens with zero attached hydrogens (tertiary/aromatic N) is 5. The van der Waals surface area contributed by atoms with Crippen molar-refractivity contribution >= 4 is 28.8 Å². The van der Waals surface area contributed by atoms with Gasteiger partial charge in [-0.15, -0.1) is 11.3 Å². The molecule has 4 aromatic rings. The van der Waals surface area contributed by atoms with E-state index in [0.29, 0.717) is 18.8 Å². The monoisotopic (exact) mass is 474 g/mol. The van der Waals surface area contributed by atoms with Gasteiger partial charge in [0.15, 0.2) is 5.78 Å². The molecule has 0 fully saturated rings. The van der Waals surface area contributed by atoms with Crippen LogP contribution in [0, 0.1) is 13.8 Å². The maximum Gasteiger partial charge on any atom is 0.227 e. The van der Waals surface area contributed by atoms with Crippen molar-refractivity contribution in [1.82, 2.24) is 24.7 Å². The average molecular weight is 475 g/mol. The summed E-state index contributed by atoms with van der Waals surface area (Å²) in [4.78, 5) is 26.9. The van der Waals surface area contributed by atoms with Gasteiger partial charge in [-0.3, -0.25) is 9.48 Å². The molecule has 7 nitrogen and oxygen atoms in total. The van der Waals surface area contributed by atoms with Crippen LogP contribution in [0.15, 0.2) is 42.9 Å².